The minimum absolute atomic E-state index is 0.00273. The lowest BCUT2D eigenvalue weighted by atomic mass is 10.2. The average Bonchev–Trinajstić information content (AvgIpc) is 3.02. The summed E-state index contributed by atoms with van der Waals surface area (Å²) in [6.45, 7) is 10.8. The predicted octanol–water partition coefficient (Wildman–Crippen LogP) is 4.58. The first-order valence-electron chi connectivity index (χ1n) is 9.09. The molecule has 1 amide bonds. The molecule has 0 saturated carbocycles. The molecule has 0 aliphatic carbocycles. The molecule has 0 unspecified atom stereocenters. The lowest BCUT2D eigenvalue weighted by Crippen LogP contribution is -2.39. The van der Waals surface area contributed by atoms with E-state index in [0.29, 0.717) is 28.2 Å². The Kier molecular flexibility index (Phi) is 7.65. The zero-order valence-electron chi connectivity index (χ0n) is 16.9. The predicted molar refractivity (Wildman–Crippen MR) is 113 cm³/mol. The number of aryl methyl sites for hydroxylation is 1. The van der Waals surface area contributed by atoms with E-state index in [-0.39, 0.29) is 5.91 Å². The van der Waals surface area contributed by atoms with Gasteiger partial charge in [-0.2, -0.15) is 0 Å². The standard InChI is InChI=1S/C20H28ClN3O2S/c1-7-24(13(2)3)11-10-23(5)20(25)18-14(4)22-19(27-18)16-12-15(21)8-9-17(16)26-6/h8-9,12-13H,7,10-11H2,1-6H3. The van der Waals surface area contributed by atoms with Crippen LogP contribution in [0.4, 0.5) is 0 Å². The smallest absolute Gasteiger partial charge is 0.265 e. The van der Waals surface area contributed by atoms with Crippen LogP contribution in [0.5, 0.6) is 5.75 Å². The molecule has 2 aromatic rings. The topological polar surface area (TPSA) is 45.7 Å². The number of carbonyl (C=O) groups excluding carboxylic acids is 1. The number of methoxy groups -OCH3 is 1. The fourth-order valence-electron chi connectivity index (χ4n) is 2.89. The molecule has 0 aliphatic heterocycles. The molecule has 5 nitrogen and oxygen atoms in total. The van der Waals surface area contributed by atoms with Crippen LogP contribution >= 0.6 is 22.9 Å². The van der Waals surface area contributed by atoms with E-state index in [4.69, 9.17) is 16.3 Å². The lowest BCUT2D eigenvalue weighted by Gasteiger charge is -2.27. The van der Waals surface area contributed by atoms with Gasteiger partial charge in [0.25, 0.3) is 5.91 Å². The Labute approximate surface area is 170 Å². The molecule has 27 heavy (non-hydrogen) atoms. The maximum atomic E-state index is 12.9. The van der Waals surface area contributed by atoms with Gasteiger partial charge in [-0.05, 0) is 45.5 Å². The molecule has 0 N–H and O–H groups in total. The van der Waals surface area contributed by atoms with Crippen molar-refractivity contribution in [1.29, 1.82) is 0 Å². The van der Waals surface area contributed by atoms with Crippen LogP contribution < -0.4 is 4.74 Å². The largest absolute Gasteiger partial charge is 0.496 e. The van der Waals surface area contributed by atoms with Gasteiger partial charge in [-0.3, -0.25) is 9.69 Å². The summed E-state index contributed by atoms with van der Waals surface area (Å²) in [5, 5.41) is 1.35. The maximum absolute atomic E-state index is 12.9. The number of hydrogen-bond acceptors (Lipinski definition) is 5. The summed E-state index contributed by atoms with van der Waals surface area (Å²) in [6, 6.07) is 5.87. The van der Waals surface area contributed by atoms with Gasteiger partial charge in [0.05, 0.1) is 18.4 Å². The summed E-state index contributed by atoms with van der Waals surface area (Å²) in [6.07, 6.45) is 0. The lowest BCUT2D eigenvalue weighted by molar-refractivity contribution is 0.0775. The third kappa shape index (κ3) is 5.21. The zero-order valence-corrected chi connectivity index (χ0v) is 18.4. The molecule has 148 valence electrons. The highest BCUT2D eigenvalue weighted by atomic mass is 35.5. The first-order valence-corrected chi connectivity index (χ1v) is 10.3. The number of benzene rings is 1. The van der Waals surface area contributed by atoms with Gasteiger partial charge >= 0.3 is 0 Å². The van der Waals surface area contributed by atoms with E-state index in [0.717, 1.165) is 29.4 Å². The molecular formula is C20H28ClN3O2S. The van der Waals surface area contributed by atoms with Gasteiger partial charge in [0.1, 0.15) is 15.6 Å². The molecule has 0 saturated heterocycles. The van der Waals surface area contributed by atoms with E-state index in [1.807, 2.05) is 26.1 Å². The van der Waals surface area contributed by atoms with Crippen molar-refractivity contribution in [3.63, 3.8) is 0 Å². The molecule has 1 aromatic carbocycles. The van der Waals surface area contributed by atoms with Gasteiger partial charge in [-0.1, -0.05) is 18.5 Å². The van der Waals surface area contributed by atoms with E-state index in [9.17, 15) is 4.79 Å². The molecule has 0 fully saturated rings. The Morgan fingerprint density at radius 3 is 2.63 bits per heavy atom. The molecule has 7 heteroatoms. The van der Waals surface area contributed by atoms with Gasteiger partial charge < -0.3 is 9.64 Å². The van der Waals surface area contributed by atoms with Crippen molar-refractivity contribution in [2.75, 3.05) is 33.8 Å². The third-order valence-electron chi connectivity index (χ3n) is 4.59. The zero-order chi connectivity index (χ0) is 20.1. The van der Waals surface area contributed by atoms with Gasteiger partial charge in [0.15, 0.2) is 0 Å². The highest BCUT2D eigenvalue weighted by molar-refractivity contribution is 7.17. The van der Waals surface area contributed by atoms with Crippen LogP contribution in [0.25, 0.3) is 10.6 Å². The highest BCUT2D eigenvalue weighted by Crippen LogP contribution is 2.36. The van der Waals surface area contributed by atoms with Crippen LogP contribution in [0.3, 0.4) is 0 Å². The molecule has 2 rings (SSSR count). The second kappa shape index (κ2) is 9.53. The van der Waals surface area contributed by atoms with E-state index in [2.05, 4.69) is 30.7 Å². The number of thiazole rings is 1. The van der Waals surface area contributed by atoms with Crippen molar-refractivity contribution in [2.45, 2.75) is 33.7 Å². The van der Waals surface area contributed by atoms with Crippen molar-refractivity contribution in [3.05, 3.63) is 33.8 Å². The van der Waals surface area contributed by atoms with Crippen LogP contribution in [0.2, 0.25) is 5.02 Å². The Balaban J connectivity index is 2.20. The van der Waals surface area contributed by atoms with E-state index in [1.165, 1.54) is 11.3 Å². The maximum Gasteiger partial charge on any atom is 0.265 e. The molecule has 0 spiro atoms. The van der Waals surface area contributed by atoms with E-state index >= 15 is 0 Å². The van der Waals surface area contributed by atoms with Crippen LogP contribution in [0, 0.1) is 6.92 Å². The number of halogens is 1. The number of rotatable bonds is 8. The number of aromatic nitrogens is 1. The summed E-state index contributed by atoms with van der Waals surface area (Å²) in [5.41, 5.74) is 1.53. The van der Waals surface area contributed by atoms with Crippen molar-refractivity contribution < 1.29 is 9.53 Å². The number of amides is 1. The normalized spacial score (nSPS) is 11.3. The van der Waals surface area contributed by atoms with Crippen LogP contribution in [-0.4, -0.2) is 60.5 Å². The van der Waals surface area contributed by atoms with Crippen molar-refractivity contribution in [3.8, 4) is 16.3 Å². The fourth-order valence-corrected chi connectivity index (χ4v) is 4.15. The number of likely N-dealkylation sites (N-methyl/N-ethyl adjacent to an activating group) is 2. The van der Waals surface area contributed by atoms with Gasteiger partial charge in [0.2, 0.25) is 0 Å². The number of hydrogen-bond donors (Lipinski definition) is 0. The molecule has 1 aromatic heterocycles. The summed E-state index contributed by atoms with van der Waals surface area (Å²) < 4.78 is 5.42. The third-order valence-corrected chi connectivity index (χ3v) is 6.00. The van der Waals surface area contributed by atoms with Crippen molar-refractivity contribution in [1.82, 2.24) is 14.8 Å². The second-order valence-electron chi connectivity index (χ2n) is 6.73. The first kappa shape index (κ1) is 21.7. The van der Waals surface area contributed by atoms with Crippen molar-refractivity contribution >= 4 is 28.8 Å². The molecule has 0 atom stereocenters. The fraction of sp³-hybridized carbons (Fsp3) is 0.500. The number of nitrogens with zero attached hydrogens (tertiary/aromatic N) is 3. The van der Waals surface area contributed by atoms with Crippen LogP contribution in [0.1, 0.15) is 36.1 Å². The summed E-state index contributed by atoms with van der Waals surface area (Å²) in [7, 11) is 3.45. The Morgan fingerprint density at radius 2 is 2.04 bits per heavy atom. The monoisotopic (exact) mass is 409 g/mol. The van der Waals surface area contributed by atoms with Crippen molar-refractivity contribution in [2.24, 2.45) is 0 Å². The van der Waals surface area contributed by atoms with Gasteiger partial charge in [-0.25, -0.2) is 4.98 Å². The first-order chi connectivity index (χ1) is 12.8. The number of ether oxygens (including phenoxy) is 1. The average molecular weight is 410 g/mol. The van der Waals surface area contributed by atoms with E-state index in [1.54, 1.807) is 18.1 Å². The molecule has 0 aliphatic rings. The van der Waals surface area contributed by atoms with E-state index < -0.39 is 0 Å². The SMILES string of the molecule is CCN(CCN(C)C(=O)c1sc(-c2cc(Cl)ccc2OC)nc1C)C(C)C. The Hall–Kier alpha value is -1.63. The molecular weight excluding hydrogens is 382 g/mol. The Bertz CT molecular complexity index is 792. The number of carbonyl (C=O) groups is 1. The minimum atomic E-state index is -0.00273. The summed E-state index contributed by atoms with van der Waals surface area (Å²) >= 11 is 7.51. The highest BCUT2D eigenvalue weighted by Gasteiger charge is 2.21. The van der Waals surface area contributed by atoms with Gasteiger partial charge in [-0.15, -0.1) is 11.3 Å². The quantitative estimate of drug-likeness (QED) is 0.640. The molecule has 1 heterocycles. The Morgan fingerprint density at radius 1 is 1.33 bits per heavy atom. The molecule has 0 radical (unpaired) electrons. The summed E-state index contributed by atoms with van der Waals surface area (Å²) in [4.78, 5) is 22.3. The van der Waals surface area contributed by atoms with Crippen LogP contribution in [-0.2, 0) is 0 Å². The molecule has 0 bridgehead atoms. The second-order valence-corrected chi connectivity index (χ2v) is 8.16. The van der Waals surface area contributed by atoms with Gasteiger partial charge in [0, 0.05) is 31.2 Å². The van der Waals surface area contributed by atoms with Crippen LogP contribution in [0.15, 0.2) is 18.2 Å². The minimum Gasteiger partial charge on any atom is -0.496 e. The summed E-state index contributed by atoms with van der Waals surface area (Å²) in [5.74, 6) is 0.688.